The summed E-state index contributed by atoms with van der Waals surface area (Å²) in [4.78, 5) is 10.5. The van der Waals surface area contributed by atoms with Crippen LogP contribution in [-0.4, -0.2) is 20.5 Å². The molecule has 0 fully saturated rings. The molecule has 1 aromatic heterocycles. The molecule has 0 aliphatic heterocycles. The van der Waals surface area contributed by atoms with E-state index in [4.69, 9.17) is 0 Å². The van der Waals surface area contributed by atoms with Gasteiger partial charge in [-0.25, -0.2) is 0 Å². The first-order valence-electron chi connectivity index (χ1n) is 5.76. The summed E-state index contributed by atoms with van der Waals surface area (Å²) < 4.78 is 1.74. The molecule has 1 heterocycles. The van der Waals surface area contributed by atoms with Gasteiger partial charge in [-0.2, -0.15) is 17.7 Å². The molecule has 96 valence electrons. The minimum absolute atomic E-state index is 0.145. The average Bonchev–Trinajstić information content (AvgIpc) is 2.51. The van der Waals surface area contributed by atoms with Crippen LogP contribution < -0.4 is 0 Å². The molecule has 1 atom stereocenters. The molecule has 5 nitrogen and oxygen atoms in total. The van der Waals surface area contributed by atoms with Crippen LogP contribution in [0.4, 0.5) is 5.69 Å². The maximum absolute atomic E-state index is 10.8. The number of aryl methyl sites for hydroxylation is 2. The van der Waals surface area contributed by atoms with E-state index in [1.807, 2.05) is 0 Å². The van der Waals surface area contributed by atoms with Gasteiger partial charge in [0.15, 0.2) is 0 Å². The second-order valence-corrected chi connectivity index (χ2v) is 4.85. The van der Waals surface area contributed by atoms with Crippen molar-refractivity contribution in [2.45, 2.75) is 40.2 Å². The van der Waals surface area contributed by atoms with Crippen molar-refractivity contribution in [3.05, 3.63) is 21.5 Å². The number of rotatable bonds is 6. The molecule has 0 radical (unpaired) electrons. The summed E-state index contributed by atoms with van der Waals surface area (Å²) >= 11 is 4.20. The standard InChI is InChI=1S/C11H19N3O2S/c1-8(5-7-17)4-6-13-10(3)11(14(15)16)9(2)12-13/h8,17H,4-7H2,1-3H3. The summed E-state index contributed by atoms with van der Waals surface area (Å²) in [6, 6.07) is 0. The van der Waals surface area contributed by atoms with Crippen LogP contribution in [0.1, 0.15) is 31.2 Å². The fourth-order valence-corrected chi connectivity index (χ4v) is 2.32. The lowest BCUT2D eigenvalue weighted by molar-refractivity contribution is -0.386. The van der Waals surface area contributed by atoms with E-state index in [9.17, 15) is 10.1 Å². The molecule has 1 unspecified atom stereocenters. The van der Waals surface area contributed by atoms with Crippen molar-refractivity contribution >= 4 is 18.3 Å². The molecule has 1 aromatic rings. The Labute approximate surface area is 107 Å². The van der Waals surface area contributed by atoms with Crippen molar-refractivity contribution in [3.63, 3.8) is 0 Å². The molecule has 1 rings (SSSR count). The third-order valence-corrected chi connectivity index (χ3v) is 3.24. The summed E-state index contributed by atoms with van der Waals surface area (Å²) in [6.45, 7) is 6.33. The number of thiol groups is 1. The van der Waals surface area contributed by atoms with Gasteiger partial charge in [0.25, 0.3) is 0 Å². The van der Waals surface area contributed by atoms with E-state index in [2.05, 4.69) is 24.7 Å². The van der Waals surface area contributed by atoms with Crippen LogP contribution in [-0.2, 0) is 6.54 Å². The third-order valence-electron chi connectivity index (χ3n) is 2.98. The van der Waals surface area contributed by atoms with Crippen molar-refractivity contribution in [2.75, 3.05) is 5.75 Å². The first-order chi connectivity index (χ1) is 7.97. The Morgan fingerprint density at radius 1 is 1.47 bits per heavy atom. The highest BCUT2D eigenvalue weighted by Gasteiger charge is 2.21. The van der Waals surface area contributed by atoms with Gasteiger partial charge < -0.3 is 0 Å². The van der Waals surface area contributed by atoms with Gasteiger partial charge in [0, 0.05) is 6.54 Å². The zero-order valence-electron chi connectivity index (χ0n) is 10.5. The van der Waals surface area contributed by atoms with Crippen molar-refractivity contribution in [1.82, 2.24) is 9.78 Å². The Bertz CT molecular complexity index is 404. The Hall–Kier alpha value is -1.04. The highest BCUT2D eigenvalue weighted by molar-refractivity contribution is 7.80. The van der Waals surface area contributed by atoms with E-state index in [0.717, 1.165) is 25.1 Å². The second kappa shape index (κ2) is 6.05. The lowest BCUT2D eigenvalue weighted by Gasteiger charge is -2.10. The Morgan fingerprint density at radius 3 is 2.59 bits per heavy atom. The third kappa shape index (κ3) is 3.46. The van der Waals surface area contributed by atoms with Crippen LogP contribution in [0.25, 0.3) is 0 Å². The quantitative estimate of drug-likeness (QED) is 0.484. The zero-order chi connectivity index (χ0) is 13.0. The van der Waals surface area contributed by atoms with E-state index in [0.29, 0.717) is 17.3 Å². The van der Waals surface area contributed by atoms with Crippen molar-refractivity contribution in [3.8, 4) is 0 Å². The maximum atomic E-state index is 10.8. The zero-order valence-corrected chi connectivity index (χ0v) is 11.4. The molecule has 6 heteroatoms. The lowest BCUT2D eigenvalue weighted by Crippen LogP contribution is -2.07. The first-order valence-corrected chi connectivity index (χ1v) is 6.39. The number of nitrogens with zero attached hydrogens (tertiary/aromatic N) is 3. The van der Waals surface area contributed by atoms with Gasteiger partial charge in [-0.05, 0) is 38.4 Å². The fourth-order valence-electron chi connectivity index (χ4n) is 1.88. The minimum Gasteiger partial charge on any atom is -0.262 e. The average molecular weight is 257 g/mol. The molecular weight excluding hydrogens is 238 g/mol. The molecule has 0 bridgehead atoms. The summed E-state index contributed by atoms with van der Waals surface area (Å²) in [5, 5.41) is 15.1. The highest BCUT2D eigenvalue weighted by Crippen LogP contribution is 2.22. The molecule has 0 saturated carbocycles. The van der Waals surface area contributed by atoms with E-state index >= 15 is 0 Å². The predicted octanol–water partition coefficient (Wildman–Crippen LogP) is 2.75. The lowest BCUT2D eigenvalue weighted by atomic mass is 10.1. The molecule has 17 heavy (non-hydrogen) atoms. The molecular formula is C11H19N3O2S. The summed E-state index contributed by atoms with van der Waals surface area (Å²) in [6.07, 6.45) is 2.03. The molecule has 0 spiro atoms. The number of nitro groups is 1. The Morgan fingerprint density at radius 2 is 2.12 bits per heavy atom. The fraction of sp³-hybridized carbons (Fsp3) is 0.727. The van der Waals surface area contributed by atoms with Crippen LogP contribution in [0.2, 0.25) is 0 Å². The summed E-state index contributed by atoms with van der Waals surface area (Å²) in [5.41, 5.74) is 1.28. The van der Waals surface area contributed by atoms with E-state index in [-0.39, 0.29) is 10.6 Å². The van der Waals surface area contributed by atoms with Crippen LogP contribution in [0, 0.1) is 29.9 Å². The monoisotopic (exact) mass is 257 g/mol. The molecule has 0 aromatic carbocycles. The minimum atomic E-state index is -0.356. The number of hydrogen-bond acceptors (Lipinski definition) is 4. The van der Waals surface area contributed by atoms with Gasteiger partial charge in [-0.15, -0.1) is 0 Å². The van der Waals surface area contributed by atoms with Crippen LogP contribution in [0.5, 0.6) is 0 Å². The van der Waals surface area contributed by atoms with Gasteiger partial charge in [-0.1, -0.05) is 6.92 Å². The van der Waals surface area contributed by atoms with Crippen molar-refractivity contribution in [1.29, 1.82) is 0 Å². The molecule has 0 aliphatic carbocycles. The predicted molar refractivity (Wildman–Crippen MR) is 70.6 cm³/mol. The first kappa shape index (κ1) is 14.0. The van der Waals surface area contributed by atoms with Crippen LogP contribution >= 0.6 is 12.6 Å². The van der Waals surface area contributed by atoms with Crippen molar-refractivity contribution in [2.24, 2.45) is 5.92 Å². The Kier molecular flexibility index (Phi) is 4.99. The molecule has 0 N–H and O–H groups in total. The molecule has 0 amide bonds. The summed E-state index contributed by atoms with van der Waals surface area (Å²) in [7, 11) is 0. The van der Waals surface area contributed by atoms with Crippen molar-refractivity contribution < 1.29 is 4.92 Å². The maximum Gasteiger partial charge on any atom is 0.312 e. The normalized spacial score (nSPS) is 12.7. The molecule has 0 saturated heterocycles. The highest BCUT2D eigenvalue weighted by atomic mass is 32.1. The van der Waals surface area contributed by atoms with Crippen LogP contribution in [0.15, 0.2) is 0 Å². The topological polar surface area (TPSA) is 61.0 Å². The van der Waals surface area contributed by atoms with E-state index in [1.165, 1.54) is 0 Å². The largest absolute Gasteiger partial charge is 0.312 e. The second-order valence-electron chi connectivity index (χ2n) is 4.41. The van der Waals surface area contributed by atoms with E-state index in [1.54, 1.807) is 18.5 Å². The van der Waals surface area contributed by atoms with Gasteiger partial charge in [0.05, 0.1) is 4.92 Å². The van der Waals surface area contributed by atoms with Gasteiger partial charge in [0.2, 0.25) is 0 Å². The Balaban J connectivity index is 2.73. The van der Waals surface area contributed by atoms with Gasteiger partial charge in [-0.3, -0.25) is 14.8 Å². The number of hydrogen-bond donors (Lipinski definition) is 1. The summed E-state index contributed by atoms with van der Waals surface area (Å²) in [5.74, 6) is 1.44. The van der Waals surface area contributed by atoms with E-state index < -0.39 is 0 Å². The van der Waals surface area contributed by atoms with Crippen LogP contribution in [0.3, 0.4) is 0 Å². The van der Waals surface area contributed by atoms with Gasteiger partial charge >= 0.3 is 5.69 Å². The molecule has 0 aliphatic rings. The number of aromatic nitrogens is 2. The van der Waals surface area contributed by atoms with Gasteiger partial charge in [0.1, 0.15) is 11.4 Å². The SMILES string of the molecule is Cc1nn(CCC(C)CCS)c(C)c1[N+](=O)[O-]. The smallest absolute Gasteiger partial charge is 0.262 e.